The van der Waals surface area contributed by atoms with Crippen LogP contribution in [0.5, 0.6) is 0 Å². The quantitative estimate of drug-likeness (QED) is 0.632. The zero-order valence-corrected chi connectivity index (χ0v) is 6.39. The van der Waals surface area contributed by atoms with Gasteiger partial charge in [0.05, 0.1) is 16.0 Å². The average Bonchev–Trinajstić information content (AvgIpc) is 1.83. The summed E-state index contributed by atoms with van der Waals surface area (Å²) >= 11 is 1.58. The van der Waals surface area contributed by atoms with Gasteiger partial charge in [-0.2, -0.15) is 0 Å². The molecule has 1 rings (SSSR count). The van der Waals surface area contributed by atoms with E-state index in [0.717, 1.165) is 12.4 Å². The van der Waals surface area contributed by atoms with Crippen LogP contribution >= 0.6 is 22.6 Å². The number of hydrogen-bond acceptors (Lipinski definition) is 1. The van der Waals surface area contributed by atoms with Gasteiger partial charge in [-0.3, -0.25) is 4.98 Å². The lowest BCUT2D eigenvalue weighted by atomic mass is 10.5. The van der Waals surface area contributed by atoms with Crippen molar-refractivity contribution in [3.63, 3.8) is 0 Å². The van der Waals surface area contributed by atoms with Crippen LogP contribution in [-0.4, -0.2) is 4.98 Å². The number of nitrogens with zero attached hydrogens (tertiary/aromatic N) is 1. The summed E-state index contributed by atoms with van der Waals surface area (Å²) in [7, 11) is 0. The van der Waals surface area contributed by atoms with Gasteiger partial charge in [0.2, 0.25) is 0 Å². The number of halogens is 3. The molecule has 0 radical (unpaired) electrons. The van der Waals surface area contributed by atoms with Gasteiger partial charge >= 0.3 is 0 Å². The van der Waals surface area contributed by atoms with Crippen molar-refractivity contribution >= 4 is 22.6 Å². The standard InChI is InChI=1S/C5H2F2IN/c6-3-1-9-2-4(7)5(3)8/h1-2H. The van der Waals surface area contributed by atoms with E-state index in [1.807, 2.05) is 0 Å². The minimum Gasteiger partial charge on any atom is -0.259 e. The molecule has 9 heavy (non-hydrogen) atoms. The van der Waals surface area contributed by atoms with E-state index < -0.39 is 11.6 Å². The highest BCUT2D eigenvalue weighted by atomic mass is 127. The summed E-state index contributed by atoms with van der Waals surface area (Å²) in [6.45, 7) is 0. The molecule has 0 aliphatic carbocycles. The van der Waals surface area contributed by atoms with Gasteiger partial charge in [-0.05, 0) is 22.6 Å². The van der Waals surface area contributed by atoms with Crippen LogP contribution in [0, 0.1) is 15.2 Å². The predicted molar refractivity (Wildman–Crippen MR) is 36.9 cm³/mol. The Kier molecular flexibility index (Phi) is 1.94. The fourth-order valence-corrected chi connectivity index (χ4v) is 0.674. The maximum atomic E-state index is 12.3. The first-order valence-electron chi connectivity index (χ1n) is 2.16. The molecule has 0 aromatic carbocycles. The van der Waals surface area contributed by atoms with Gasteiger partial charge in [0.15, 0.2) is 11.6 Å². The smallest absolute Gasteiger partial charge is 0.157 e. The lowest BCUT2D eigenvalue weighted by Gasteiger charge is -1.91. The van der Waals surface area contributed by atoms with Gasteiger partial charge in [0, 0.05) is 0 Å². The van der Waals surface area contributed by atoms with Crippen LogP contribution in [0.3, 0.4) is 0 Å². The minimum atomic E-state index is -0.615. The largest absolute Gasteiger partial charge is 0.259 e. The van der Waals surface area contributed by atoms with E-state index >= 15 is 0 Å². The van der Waals surface area contributed by atoms with Crippen LogP contribution in [0.2, 0.25) is 0 Å². The monoisotopic (exact) mass is 241 g/mol. The maximum Gasteiger partial charge on any atom is 0.157 e. The molecule has 0 aliphatic rings. The first-order valence-corrected chi connectivity index (χ1v) is 3.24. The Labute approximate surface area is 64.2 Å². The molecule has 1 aromatic rings. The topological polar surface area (TPSA) is 12.9 Å². The molecule has 4 heteroatoms. The van der Waals surface area contributed by atoms with Crippen molar-refractivity contribution in [3.05, 3.63) is 27.6 Å². The molecule has 0 atom stereocenters. The second-order valence-electron chi connectivity index (χ2n) is 1.42. The molecule has 0 unspecified atom stereocenters. The summed E-state index contributed by atoms with van der Waals surface area (Å²) in [6, 6.07) is 0. The Morgan fingerprint density at radius 1 is 1.22 bits per heavy atom. The van der Waals surface area contributed by atoms with Crippen molar-refractivity contribution in [1.82, 2.24) is 4.98 Å². The molecule has 0 saturated carbocycles. The third-order valence-electron chi connectivity index (χ3n) is 0.795. The van der Waals surface area contributed by atoms with Gasteiger partial charge in [0.25, 0.3) is 0 Å². The minimum absolute atomic E-state index is 0.0115. The fraction of sp³-hybridized carbons (Fsp3) is 0. The Bertz CT molecular complexity index is 206. The molecular formula is C5H2F2IN. The Morgan fingerprint density at radius 2 is 1.67 bits per heavy atom. The third kappa shape index (κ3) is 1.35. The first-order chi connectivity index (χ1) is 4.22. The average molecular weight is 241 g/mol. The number of pyridine rings is 1. The van der Waals surface area contributed by atoms with Crippen molar-refractivity contribution < 1.29 is 8.78 Å². The van der Waals surface area contributed by atoms with Crippen LogP contribution in [0.1, 0.15) is 0 Å². The molecule has 48 valence electrons. The van der Waals surface area contributed by atoms with E-state index in [1.165, 1.54) is 0 Å². The second kappa shape index (κ2) is 2.55. The van der Waals surface area contributed by atoms with E-state index in [4.69, 9.17) is 0 Å². The molecule has 0 aliphatic heterocycles. The zero-order chi connectivity index (χ0) is 6.85. The van der Waals surface area contributed by atoms with Crippen LogP contribution in [0.15, 0.2) is 12.4 Å². The molecule has 0 fully saturated rings. The Balaban J connectivity index is 3.25. The van der Waals surface area contributed by atoms with Gasteiger partial charge in [-0.25, -0.2) is 8.78 Å². The van der Waals surface area contributed by atoms with E-state index in [2.05, 4.69) is 4.98 Å². The molecule has 0 N–H and O–H groups in total. The molecule has 1 nitrogen and oxygen atoms in total. The molecule has 0 saturated heterocycles. The van der Waals surface area contributed by atoms with E-state index in [0.29, 0.717) is 0 Å². The summed E-state index contributed by atoms with van der Waals surface area (Å²) in [5, 5.41) is 0. The number of aromatic nitrogens is 1. The summed E-state index contributed by atoms with van der Waals surface area (Å²) in [5.74, 6) is -1.23. The van der Waals surface area contributed by atoms with E-state index in [-0.39, 0.29) is 3.57 Å². The summed E-state index contributed by atoms with van der Waals surface area (Å²) in [6.07, 6.45) is 1.95. The van der Waals surface area contributed by atoms with Gasteiger partial charge in [-0.1, -0.05) is 0 Å². The van der Waals surface area contributed by atoms with Crippen molar-refractivity contribution in [2.24, 2.45) is 0 Å². The normalized spacial score (nSPS) is 9.67. The zero-order valence-electron chi connectivity index (χ0n) is 4.24. The molecule has 0 bridgehead atoms. The Morgan fingerprint density at radius 3 is 2.00 bits per heavy atom. The van der Waals surface area contributed by atoms with E-state index in [1.54, 1.807) is 22.6 Å². The van der Waals surface area contributed by atoms with Gasteiger partial charge in [-0.15, -0.1) is 0 Å². The predicted octanol–water partition coefficient (Wildman–Crippen LogP) is 1.96. The van der Waals surface area contributed by atoms with Crippen molar-refractivity contribution in [2.75, 3.05) is 0 Å². The van der Waals surface area contributed by atoms with Gasteiger partial charge < -0.3 is 0 Å². The lowest BCUT2D eigenvalue weighted by molar-refractivity contribution is 0.560. The highest BCUT2D eigenvalue weighted by Crippen LogP contribution is 2.11. The SMILES string of the molecule is Fc1cncc(F)c1I. The molecule has 0 spiro atoms. The maximum absolute atomic E-state index is 12.3. The fourth-order valence-electron chi connectivity index (χ4n) is 0.396. The summed E-state index contributed by atoms with van der Waals surface area (Å²) < 4.78 is 24.5. The highest BCUT2D eigenvalue weighted by Gasteiger charge is 2.02. The van der Waals surface area contributed by atoms with Crippen LogP contribution < -0.4 is 0 Å². The number of hydrogen-bond donors (Lipinski definition) is 0. The van der Waals surface area contributed by atoms with Crippen LogP contribution in [0.4, 0.5) is 8.78 Å². The van der Waals surface area contributed by atoms with Crippen LogP contribution in [-0.2, 0) is 0 Å². The molecule has 0 amide bonds. The Hall–Kier alpha value is -0.260. The third-order valence-corrected chi connectivity index (χ3v) is 1.83. The molecule has 1 aromatic heterocycles. The molecule has 1 heterocycles. The number of rotatable bonds is 0. The van der Waals surface area contributed by atoms with Crippen molar-refractivity contribution in [1.29, 1.82) is 0 Å². The van der Waals surface area contributed by atoms with Crippen LogP contribution in [0.25, 0.3) is 0 Å². The summed E-state index contributed by atoms with van der Waals surface area (Å²) in [4.78, 5) is 3.29. The first kappa shape index (κ1) is 6.85. The summed E-state index contributed by atoms with van der Waals surface area (Å²) in [5.41, 5.74) is 0. The van der Waals surface area contributed by atoms with Crippen molar-refractivity contribution in [2.45, 2.75) is 0 Å². The van der Waals surface area contributed by atoms with Crippen molar-refractivity contribution in [3.8, 4) is 0 Å². The second-order valence-corrected chi connectivity index (χ2v) is 2.50. The van der Waals surface area contributed by atoms with E-state index in [9.17, 15) is 8.78 Å². The molecular weight excluding hydrogens is 239 g/mol. The highest BCUT2D eigenvalue weighted by molar-refractivity contribution is 14.1. The van der Waals surface area contributed by atoms with Gasteiger partial charge in [0.1, 0.15) is 0 Å². The lowest BCUT2D eigenvalue weighted by Crippen LogP contribution is -1.88.